The third-order valence-electron chi connectivity index (χ3n) is 2.66. The molecule has 1 heterocycles. The summed E-state index contributed by atoms with van der Waals surface area (Å²) in [6.07, 6.45) is 3.09. The first-order valence-corrected chi connectivity index (χ1v) is 5.60. The number of hydrogen-bond acceptors (Lipinski definition) is 3. The molecule has 1 N–H and O–H groups in total. The van der Waals surface area contributed by atoms with Crippen molar-refractivity contribution in [1.82, 2.24) is 15.3 Å². The van der Waals surface area contributed by atoms with Crippen LogP contribution in [0.15, 0.2) is 36.8 Å². The molecular weight excluding hydrogens is 236 g/mol. The average Bonchev–Trinajstić information content (AvgIpc) is 2.40. The van der Waals surface area contributed by atoms with E-state index in [4.69, 9.17) is 0 Å². The van der Waals surface area contributed by atoms with E-state index in [1.165, 1.54) is 12.4 Å². The van der Waals surface area contributed by atoms with Gasteiger partial charge in [-0.2, -0.15) is 0 Å². The van der Waals surface area contributed by atoms with Crippen LogP contribution in [0.5, 0.6) is 0 Å². The van der Waals surface area contributed by atoms with Gasteiger partial charge in [-0.05, 0) is 31.2 Å². The van der Waals surface area contributed by atoms with Crippen molar-refractivity contribution >= 4 is 0 Å². The molecule has 2 rings (SSSR count). The van der Waals surface area contributed by atoms with Crippen molar-refractivity contribution in [3.05, 3.63) is 59.7 Å². The Morgan fingerprint density at radius 2 is 2.11 bits per heavy atom. The molecular formula is C13H13F2N3. The molecule has 0 radical (unpaired) electrons. The summed E-state index contributed by atoms with van der Waals surface area (Å²) in [4.78, 5) is 7.85. The van der Waals surface area contributed by atoms with E-state index in [2.05, 4.69) is 15.3 Å². The molecule has 0 amide bonds. The molecule has 3 nitrogen and oxygen atoms in total. The highest BCUT2D eigenvalue weighted by molar-refractivity contribution is 5.21. The summed E-state index contributed by atoms with van der Waals surface area (Å²) >= 11 is 0. The highest BCUT2D eigenvalue weighted by Gasteiger charge is 2.11. The van der Waals surface area contributed by atoms with E-state index < -0.39 is 11.6 Å². The topological polar surface area (TPSA) is 37.8 Å². The molecule has 5 heteroatoms. The monoisotopic (exact) mass is 249 g/mol. The molecule has 1 aromatic heterocycles. The number of hydrogen-bond donors (Lipinski definition) is 1. The molecule has 0 saturated carbocycles. The van der Waals surface area contributed by atoms with Crippen molar-refractivity contribution in [3.63, 3.8) is 0 Å². The first-order valence-electron chi connectivity index (χ1n) is 5.60. The Morgan fingerprint density at radius 1 is 1.28 bits per heavy atom. The van der Waals surface area contributed by atoms with Gasteiger partial charge >= 0.3 is 0 Å². The first-order chi connectivity index (χ1) is 8.66. The summed E-state index contributed by atoms with van der Waals surface area (Å²) in [5.74, 6) is -0.860. The third kappa shape index (κ3) is 3.07. The molecule has 0 bridgehead atoms. The normalized spacial score (nSPS) is 12.4. The fourth-order valence-corrected chi connectivity index (χ4v) is 1.64. The lowest BCUT2D eigenvalue weighted by Crippen LogP contribution is -2.20. The summed E-state index contributed by atoms with van der Waals surface area (Å²) in [5, 5.41) is 3.09. The highest BCUT2D eigenvalue weighted by Crippen LogP contribution is 2.18. The zero-order chi connectivity index (χ0) is 13.0. The molecule has 0 aliphatic heterocycles. The third-order valence-corrected chi connectivity index (χ3v) is 2.66. The van der Waals surface area contributed by atoms with Gasteiger partial charge in [0, 0.05) is 24.3 Å². The molecule has 94 valence electrons. The minimum atomic E-state index is -0.443. The summed E-state index contributed by atoms with van der Waals surface area (Å²) < 4.78 is 26.6. The van der Waals surface area contributed by atoms with Crippen molar-refractivity contribution in [2.45, 2.75) is 19.5 Å². The van der Waals surface area contributed by atoms with E-state index in [1.807, 2.05) is 0 Å². The fourth-order valence-electron chi connectivity index (χ4n) is 1.64. The molecule has 0 aliphatic rings. The predicted octanol–water partition coefficient (Wildman–Crippen LogP) is 2.61. The molecule has 0 saturated heterocycles. The number of aromatic nitrogens is 2. The molecule has 18 heavy (non-hydrogen) atoms. The van der Waals surface area contributed by atoms with Crippen molar-refractivity contribution in [1.29, 1.82) is 0 Å². The first kappa shape index (κ1) is 12.6. The smallest absolute Gasteiger partial charge is 0.128 e. The summed E-state index contributed by atoms with van der Waals surface area (Å²) in [6.45, 7) is 2.25. The summed E-state index contributed by atoms with van der Waals surface area (Å²) in [6, 6.07) is 4.91. The molecule has 1 unspecified atom stereocenters. The van der Waals surface area contributed by atoms with Gasteiger partial charge in [-0.3, -0.25) is 0 Å². The molecule has 0 aliphatic carbocycles. The van der Waals surface area contributed by atoms with Crippen molar-refractivity contribution in [2.24, 2.45) is 0 Å². The van der Waals surface area contributed by atoms with Crippen LogP contribution in [0, 0.1) is 11.6 Å². The zero-order valence-electron chi connectivity index (χ0n) is 9.90. The van der Waals surface area contributed by atoms with Gasteiger partial charge in [0.25, 0.3) is 0 Å². The van der Waals surface area contributed by atoms with Gasteiger partial charge in [-0.1, -0.05) is 0 Å². The maximum Gasteiger partial charge on any atom is 0.128 e. The van der Waals surface area contributed by atoms with E-state index in [-0.39, 0.29) is 6.04 Å². The van der Waals surface area contributed by atoms with E-state index in [0.29, 0.717) is 12.1 Å². The second kappa shape index (κ2) is 5.64. The lowest BCUT2D eigenvalue weighted by molar-refractivity contribution is 0.515. The Labute approximate surface area is 104 Å². The van der Waals surface area contributed by atoms with E-state index >= 15 is 0 Å². The summed E-state index contributed by atoms with van der Waals surface area (Å²) in [7, 11) is 0. The van der Waals surface area contributed by atoms with Crippen LogP contribution in [-0.4, -0.2) is 9.97 Å². The van der Waals surface area contributed by atoms with Gasteiger partial charge in [-0.25, -0.2) is 18.7 Å². The second-order valence-corrected chi connectivity index (χ2v) is 3.97. The van der Waals surface area contributed by atoms with Crippen LogP contribution in [0.2, 0.25) is 0 Å². The van der Waals surface area contributed by atoms with Crippen molar-refractivity contribution < 1.29 is 8.78 Å². The van der Waals surface area contributed by atoms with Gasteiger partial charge in [0.05, 0.1) is 5.69 Å². The van der Waals surface area contributed by atoms with Crippen molar-refractivity contribution in [2.75, 3.05) is 0 Å². The maximum atomic E-state index is 13.5. The van der Waals surface area contributed by atoms with Crippen LogP contribution in [0.1, 0.15) is 24.2 Å². The number of rotatable bonds is 4. The van der Waals surface area contributed by atoms with Crippen LogP contribution in [0.4, 0.5) is 8.78 Å². The second-order valence-electron chi connectivity index (χ2n) is 3.97. The Balaban J connectivity index is 2.03. The Bertz CT molecular complexity index is 517. The SMILES string of the molecule is CC(NCc1ccncn1)c1cc(F)ccc1F. The van der Waals surface area contributed by atoms with E-state index in [9.17, 15) is 8.78 Å². The number of nitrogens with one attached hydrogen (secondary N) is 1. The zero-order valence-corrected chi connectivity index (χ0v) is 9.90. The van der Waals surface area contributed by atoms with Crippen LogP contribution in [-0.2, 0) is 6.54 Å². The van der Waals surface area contributed by atoms with Crippen LogP contribution < -0.4 is 5.32 Å². The standard InChI is InChI=1S/C13H13F2N3/c1-9(12-6-10(14)2-3-13(12)15)17-7-11-4-5-16-8-18-11/h2-6,8-9,17H,7H2,1H3. The molecule has 0 fully saturated rings. The van der Waals surface area contributed by atoms with Crippen LogP contribution in [0.25, 0.3) is 0 Å². The van der Waals surface area contributed by atoms with Gasteiger partial charge in [0.2, 0.25) is 0 Å². The summed E-state index contributed by atoms with van der Waals surface area (Å²) in [5.41, 5.74) is 1.11. The highest BCUT2D eigenvalue weighted by atomic mass is 19.1. The number of halogens is 2. The Kier molecular flexibility index (Phi) is 3.94. The fraction of sp³-hybridized carbons (Fsp3) is 0.231. The van der Waals surface area contributed by atoms with Crippen LogP contribution in [0.3, 0.4) is 0 Å². The number of benzene rings is 1. The average molecular weight is 249 g/mol. The van der Waals surface area contributed by atoms with Gasteiger partial charge in [0.1, 0.15) is 18.0 Å². The van der Waals surface area contributed by atoms with E-state index in [0.717, 1.165) is 17.8 Å². The minimum Gasteiger partial charge on any atom is -0.304 e. The Morgan fingerprint density at radius 3 is 2.83 bits per heavy atom. The van der Waals surface area contributed by atoms with Gasteiger partial charge in [0.15, 0.2) is 0 Å². The molecule has 2 aromatic rings. The quantitative estimate of drug-likeness (QED) is 0.905. The Hall–Kier alpha value is -1.88. The lowest BCUT2D eigenvalue weighted by atomic mass is 10.1. The van der Waals surface area contributed by atoms with Crippen molar-refractivity contribution in [3.8, 4) is 0 Å². The van der Waals surface area contributed by atoms with Crippen LogP contribution >= 0.6 is 0 Å². The molecule has 1 atom stereocenters. The van der Waals surface area contributed by atoms with E-state index in [1.54, 1.807) is 19.2 Å². The molecule has 1 aromatic carbocycles. The maximum absolute atomic E-state index is 13.5. The molecule has 0 spiro atoms. The lowest BCUT2D eigenvalue weighted by Gasteiger charge is -2.14. The van der Waals surface area contributed by atoms with Gasteiger partial charge in [-0.15, -0.1) is 0 Å². The number of nitrogens with zero attached hydrogens (tertiary/aromatic N) is 2. The predicted molar refractivity (Wildman–Crippen MR) is 63.6 cm³/mol. The largest absolute Gasteiger partial charge is 0.304 e. The van der Waals surface area contributed by atoms with Gasteiger partial charge < -0.3 is 5.32 Å². The minimum absolute atomic E-state index is 0.296.